The van der Waals surface area contributed by atoms with E-state index < -0.39 is 11.9 Å². The Morgan fingerprint density at radius 2 is 1.76 bits per heavy atom. The third kappa shape index (κ3) is 4.03. The van der Waals surface area contributed by atoms with Gasteiger partial charge in [-0.1, -0.05) is 42.5 Å². The van der Waals surface area contributed by atoms with Crippen molar-refractivity contribution in [2.24, 2.45) is 5.10 Å². The summed E-state index contributed by atoms with van der Waals surface area (Å²) in [6.45, 7) is 1.78. The summed E-state index contributed by atoms with van der Waals surface area (Å²) in [6.07, 6.45) is 2.05. The second-order valence-corrected chi connectivity index (χ2v) is 8.12. The summed E-state index contributed by atoms with van der Waals surface area (Å²) in [4.78, 5) is 25.4. The van der Waals surface area contributed by atoms with Crippen molar-refractivity contribution in [3.05, 3.63) is 94.9 Å². The molecular formula is C27H22N2O5. The molecule has 4 aromatic rings. The van der Waals surface area contributed by atoms with E-state index in [1.165, 1.54) is 12.1 Å². The van der Waals surface area contributed by atoms with Crippen molar-refractivity contribution in [2.45, 2.75) is 26.2 Å². The summed E-state index contributed by atoms with van der Waals surface area (Å²) in [5, 5.41) is 16.2. The van der Waals surface area contributed by atoms with Crippen LogP contribution in [0.1, 0.15) is 50.6 Å². The van der Waals surface area contributed by atoms with Gasteiger partial charge in [0, 0.05) is 17.5 Å². The second-order valence-electron chi connectivity index (χ2n) is 8.12. The fraction of sp³-hybridized carbons (Fsp3) is 0.148. The number of furan rings is 1. The zero-order valence-electron chi connectivity index (χ0n) is 18.5. The van der Waals surface area contributed by atoms with Crippen molar-refractivity contribution in [3.63, 3.8) is 0 Å². The molecule has 1 amide bonds. The number of esters is 1. The molecule has 1 aliphatic rings. The van der Waals surface area contributed by atoms with Gasteiger partial charge in [0.1, 0.15) is 17.3 Å². The Morgan fingerprint density at radius 1 is 1.00 bits per heavy atom. The van der Waals surface area contributed by atoms with Crippen molar-refractivity contribution in [1.29, 1.82) is 0 Å². The molecule has 0 aliphatic heterocycles. The largest absolute Gasteiger partial charge is 0.507 e. The molecule has 0 radical (unpaired) electrons. The summed E-state index contributed by atoms with van der Waals surface area (Å²) in [7, 11) is 0. The van der Waals surface area contributed by atoms with E-state index in [9.17, 15) is 14.7 Å². The lowest BCUT2D eigenvalue weighted by molar-refractivity contribution is 0.0698. The fourth-order valence-electron chi connectivity index (χ4n) is 4.20. The number of hydrogen-bond donors (Lipinski definition) is 2. The Kier molecular flexibility index (Phi) is 5.59. The summed E-state index contributed by atoms with van der Waals surface area (Å²) in [5.74, 6) is -0.0248. The minimum Gasteiger partial charge on any atom is -0.507 e. The summed E-state index contributed by atoms with van der Waals surface area (Å²) in [5.41, 5.74) is 4.59. The highest BCUT2D eigenvalue weighted by Gasteiger charge is 2.29. The molecule has 1 aliphatic carbocycles. The molecule has 3 aromatic carbocycles. The number of nitrogens with one attached hydrogen (secondary N) is 1. The van der Waals surface area contributed by atoms with E-state index in [1.807, 2.05) is 36.4 Å². The lowest BCUT2D eigenvalue weighted by Gasteiger charge is -2.13. The summed E-state index contributed by atoms with van der Waals surface area (Å²) < 4.78 is 11.5. The van der Waals surface area contributed by atoms with Crippen LogP contribution in [0.5, 0.6) is 11.5 Å². The van der Waals surface area contributed by atoms with Crippen LogP contribution < -0.4 is 10.2 Å². The monoisotopic (exact) mass is 454 g/mol. The molecule has 0 spiro atoms. The second kappa shape index (κ2) is 8.86. The molecule has 170 valence electrons. The Labute approximate surface area is 195 Å². The molecule has 0 bridgehead atoms. The van der Waals surface area contributed by atoms with Crippen LogP contribution >= 0.6 is 0 Å². The van der Waals surface area contributed by atoms with Crippen molar-refractivity contribution >= 4 is 28.4 Å². The van der Waals surface area contributed by atoms with Gasteiger partial charge in [0.25, 0.3) is 5.91 Å². The number of fused-ring (bicyclic) bond motifs is 2. The highest BCUT2D eigenvalue weighted by molar-refractivity contribution is 6.07. The van der Waals surface area contributed by atoms with Crippen LogP contribution in [0, 0.1) is 6.92 Å². The predicted molar refractivity (Wildman–Crippen MR) is 127 cm³/mol. The lowest BCUT2D eigenvalue weighted by atomic mass is 9.93. The molecule has 34 heavy (non-hydrogen) atoms. The number of ether oxygens (including phenoxy) is 1. The molecule has 7 heteroatoms. The highest BCUT2D eigenvalue weighted by atomic mass is 16.5. The van der Waals surface area contributed by atoms with Gasteiger partial charge in [-0.2, -0.15) is 5.10 Å². The number of benzene rings is 3. The summed E-state index contributed by atoms with van der Waals surface area (Å²) >= 11 is 0. The number of carbonyl (C=O) groups is 2. The van der Waals surface area contributed by atoms with Gasteiger partial charge in [0.15, 0.2) is 0 Å². The van der Waals surface area contributed by atoms with Crippen molar-refractivity contribution < 1.29 is 23.8 Å². The zero-order valence-corrected chi connectivity index (χ0v) is 18.5. The SMILES string of the molecule is Cc1c(C(=O)Oc2ccc3ccccc3c2)oc2c1/C(=N/NC(=O)c1ccccc1O)CCC2. The normalized spacial score (nSPS) is 14.1. The van der Waals surface area contributed by atoms with Crippen LogP contribution in [0.25, 0.3) is 10.8 Å². The predicted octanol–water partition coefficient (Wildman–Crippen LogP) is 5.14. The van der Waals surface area contributed by atoms with Gasteiger partial charge >= 0.3 is 5.97 Å². The maximum absolute atomic E-state index is 12.9. The summed E-state index contributed by atoms with van der Waals surface area (Å²) in [6, 6.07) is 19.5. The molecule has 1 heterocycles. The van der Waals surface area contributed by atoms with E-state index in [4.69, 9.17) is 9.15 Å². The van der Waals surface area contributed by atoms with Gasteiger partial charge in [-0.25, -0.2) is 10.2 Å². The van der Waals surface area contributed by atoms with Gasteiger partial charge in [0.05, 0.1) is 11.3 Å². The molecule has 0 saturated carbocycles. The van der Waals surface area contributed by atoms with Crippen molar-refractivity contribution in [1.82, 2.24) is 5.43 Å². The average Bonchev–Trinajstić information content (AvgIpc) is 3.20. The molecule has 0 saturated heterocycles. The molecular weight excluding hydrogens is 432 g/mol. The topological polar surface area (TPSA) is 101 Å². The molecule has 2 N–H and O–H groups in total. The number of carbonyl (C=O) groups excluding carboxylic acids is 2. The first-order valence-corrected chi connectivity index (χ1v) is 11.0. The number of hydrogen-bond acceptors (Lipinski definition) is 6. The average molecular weight is 454 g/mol. The number of nitrogens with zero attached hydrogens (tertiary/aromatic N) is 1. The Bertz CT molecular complexity index is 1450. The van der Waals surface area contributed by atoms with Crippen LogP contribution in [0.3, 0.4) is 0 Å². The number of aryl methyl sites for hydroxylation is 1. The van der Waals surface area contributed by atoms with Crippen LogP contribution in [-0.2, 0) is 6.42 Å². The van der Waals surface area contributed by atoms with Gasteiger partial charge < -0.3 is 14.3 Å². The minimum absolute atomic E-state index is 0.122. The van der Waals surface area contributed by atoms with Crippen molar-refractivity contribution in [3.8, 4) is 11.5 Å². The quantitative estimate of drug-likeness (QED) is 0.253. The Hall–Kier alpha value is -4.39. The lowest BCUT2D eigenvalue weighted by Crippen LogP contribution is -2.22. The smallest absolute Gasteiger partial charge is 0.379 e. The minimum atomic E-state index is -0.584. The molecule has 1 aromatic heterocycles. The molecule has 0 fully saturated rings. The highest BCUT2D eigenvalue weighted by Crippen LogP contribution is 2.31. The van der Waals surface area contributed by atoms with E-state index in [1.54, 1.807) is 25.1 Å². The molecule has 5 rings (SSSR count). The number of phenolic OH excluding ortho intramolecular Hbond substituents is 1. The first-order valence-electron chi connectivity index (χ1n) is 11.0. The maximum atomic E-state index is 12.9. The first kappa shape index (κ1) is 21.5. The molecule has 0 unspecified atom stereocenters. The standard InChI is InChI=1S/C27H22N2O5/c1-16-24-21(28-29-26(31)20-9-4-5-11-22(20)30)10-6-12-23(24)34-25(16)27(32)33-19-14-13-17-7-2-3-8-18(17)15-19/h2-5,7-9,11,13-15,30H,6,10,12H2,1H3,(H,29,31)/b28-21+. The van der Waals surface area contributed by atoms with Crippen LogP contribution in [0.15, 0.2) is 76.2 Å². The van der Waals surface area contributed by atoms with Gasteiger partial charge in [0.2, 0.25) is 5.76 Å². The third-order valence-corrected chi connectivity index (χ3v) is 5.88. The first-order chi connectivity index (χ1) is 16.5. The number of phenols is 1. The number of aromatic hydroxyl groups is 1. The number of amides is 1. The van der Waals surface area contributed by atoms with Gasteiger partial charge in [-0.3, -0.25) is 4.79 Å². The van der Waals surface area contributed by atoms with Crippen LogP contribution in [0.2, 0.25) is 0 Å². The van der Waals surface area contributed by atoms with Crippen molar-refractivity contribution in [2.75, 3.05) is 0 Å². The number of hydrazone groups is 1. The van der Waals surface area contributed by atoms with E-state index in [2.05, 4.69) is 10.5 Å². The van der Waals surface area contributed by atoms with E-state index >= 15 is 0 Å². The fourth-order valence-corrected chi connectivity index (χ4v) is 4.20. The number of para-hydroxylation sites is 1. The molecule has 7 nitrogen and oxygen atoms in total. The Morgan fingerprint density at radius 3 is 2.59 bits per heavy atom. The Balaban J connectivity index is 1.39. The van der Waals surface area contributed by atoms with Crippen LogP contribution in [-0.4, -0.2) is 22.7 Å². The molecule has 0 atom stereocenters. The third-order valence-electron chi connectivity index (χ3n) is 5.88. The van der Waals surface area contributed by atoms with E-state index in [-0.39, 0.29) is 17.1 Å². The zero-order chi connectivity index (χ0) is 23.7. The van der Waals surface area contributed by atoms with E-state index in [0.29, 0.717) is 41.2 Å². The number of rotatable bonds is 4. The maximum Gasteiger partial charge on any atom is 0.379 e. The van der Waals surface area contributed by atoms with Crippen LogP contribution in [0.4, 0.5) is 0 Å². The van der Waals surface area contributed by atoms with E-state index in [0.717, 1.165) is 17.2 Å². The van der Waals surface area contributed by atoms with Gasteiger partial charge in [-0.15, -0.1) is 0 Å². The van der Waals surface area contributed by atoms with Gasteiger partial charge in [-0.05, 0) is 54.8 Å².